The molecule has 0 aliphatic rings. The van der Waals surface area contributed by atoms with Crippen molar-refractivity contribution in [2.75, 3.05) is 11.9 Å². The number of hydrogen-bond donors (Lipinski definition) is 6. The van der Waals surface area contributed by atoms with Crippen LogP contribution in [0, 0.1) is 0 Å². The maximum Gasteiger partial charge on any atom is 0.573 e. The Morgan fingerprint density at radius 2 is 1.57 bits per heavy atom. The second kappa shape index (κ2) is 13.6. The molecular formula is C27H27F3N4O6. The van der Waals surface area contributed by atoms with Crippen molar-refractivity contribution in [1.82, 2.24) is 16.1 Å². The quantitative estimate of drug-likeness (QED) is 0.156. The Morgan fingerprint density at radius 1 is 0.950 bits per heavy atom. The second-order valence-electron chi connectivity index (χ2n) is 8.67. The number of halogens is 3. The number of benzene rings is 3. The van der Waals surface area contributed by atoms with Crippen LogP contribution in [0.15, 0.2) is 72.8 Å². The molecule has 0 saturated carbocycles. The average molecular weight is 561 g/mol. The van der Waals surface area contributed by atoms with Gasteiger partial charge >= 0.3 is 6.36 Å². The highest BCUT2D eigenvalue weighted by Crippen LogP contribution is 2.24. The molecule has 3 rings (SSSR count). The normalized spacial score (nSPS) is 12.7. The molecule has 2 atom stereocenters. The van der Waals surface area contributed by atoms with E-state index in [2.05, 4.69) is 20.7 Å². The van der Waals surface area contributed by atoms with Crippen LogP contribution in [0.25, 0.3) is 11.1 Å². The number of carbonyl (C=O) groups is 3. The Bertz CT molecular complexity index is 1320. The minimum Gasteiger partial charge on any atom is -0.406 e. The fourth-order valence-corrected chi connectivity index (χ4v) is 3.64. The molecular weight excluding hydrogens is 533 g/mol. The molecule has 0 spiro atoms. The van der Waals surface area contributed by atoms with Crippen LogP contribution in [-0.4, -0.2) is 53.1 Å². The number of nitrogens with one attached hydrogen (secondary N) is 4. The third-order valence-corrected chi connectivity index (χ3v) is 5.56. The Hall–Kier alpha value is -4.46. The first-order valence-electron chi connectivity index (χ1n) is 11.9. The van der Waals surface area contributed by atoms with Gasteiger partial charge in [-0.15, -0.1) is 13.2 Å². The lowest BCUT2D eigenvalue weighted by molar-refractivity contribution is -0.274. The molecule has 0 fully saturated rings. The van der Waals surface area contributed by atoms with Crippen molar-refractivity contribution in [3.8, 4) is 16.9 Å². The van der Waals surface area contributed by atoms with Gasteiger partial charge in [-0.05, 0) is 60.0 Å². The molecule has 6 N–H and O–H groups in total. The van der Waals surface area contributed by atoms with Crippen LogP contribution in [0.3, 0.4) is 0 Å². The van der Waals surface area contributed by atoms with E-state index in [1.54, 1.807) is 42.5 Å². The standard InChI is InChI=1S/C27H27F3N4O6/c1-16(35)24(26(38)34-39)33-25(37)20-7-5-18(6-8-20)19-9-11-21(12-10-19)32-23(36)15-31-14-17-3-2-4-22(13-17)40-27(28,29)30/h2-13,16,24,31,35,39H,14-15H2,1H3,(H,32,36)(H,33,37)(H,34,38)/t16-,24+/m1/s1. The number of alkyl halides is 3. The maximum absolute atomic E-state index is 12.4. The molecule has 40 heavy (non-hydrogen) atoms. The zero-order valence-electron chi connectivity index (χ0n) is 21.2. The van der Waals surface area contributed by atoms with E-state index in [1.807, 2.05) is 0 Å². The van der Waals surface area contributed by atoms with E-state index in [0.717, 1.165) is 11.1 Å². The fourth-order valence-electron chi connectivity index (χ4n) is 3.64. The lowest BCUT2D eigenvalue weighted by atomic mass is 10.0. The van der Waals surface area contributed by atoms with Gasteiger partial charge in [0.2, 0.25) is 5.91 Å². The second-order valence-corrected chi connectivity index (χ2v) is 8.67. The van der Waals surface area contributed by atoms with Crippen molar-refractivity contribution >= 4 is 23.4 Å². The minimum atomic E-state index is -4.78. The first-order chi connectivity index (χ1) is 18.9. The summed E-state index contributed by atoms with van der Waals surface area (Å²) in [6, 6.07) is 17.5. The molecule has 13 heteroatoms. The zero-order valence-corrected chi connectivity index (χ0v) is 21.2. The summed E-state index contributed by atoms with van der Waals surface area (Å²) in [6.07, 6.45) is -6.02. The first-order valence-corrected chi connectivity index (χ1v) is 11.9. The van der Waals surface area contributed by atoms with Crippen molar-refractivity contribution in [1.29, 1.82) is 0 Å². The van der Waals surface area contributed by atoms with Crippen LogP contribution in [0.5, 0.6) is 5.75 Å². The third kappa shape index (κ3) is 9.08. The van der Waals surface area contributed by atoms with Crippen LogP contribution in [-0.2, 0) is 16.1 Å². The minimum absolute atomic E-state index is 0.0779. The van der Waals surface area contributed by atoms with Crippen molar-refractivity contribution in [2.45, 2.75) is 32.0 Å². The Morgan fingerprint density at radius 3 is 2.15 bits per heavy atom. The molecule has 3 amide bonds. The molecule has 0 aliphatic heterocycles. The van der Waals surface area contributed by atoms with Crippen molar-refractivity contribution in [2.24, 2.45) is 0 Å². The molecule has 3 aromatic carbocycles. The zero-order chi connectivity index (χ0) is 29.3. The van der Waals surface area contributed by atoms with Gasteiger partial charge in [0.25, 0.3) is 11.8 Å². The van der Waals surface area contributed by atoms with E-state index in [0.29, 0.717) is 11.3 Å². The maximum atomic E-state index is 12.4. The predicted octanol–water partition coefficient (Wildman–Crippen LogP) is 2.97. The molecule has 0 aliphatic carbocycles. The number of amides is 3. The molecule has 0 saturated heterocycles. The molecule has 0 heterocycles. The summed E-state index contributed by atoms with van der Waals surface area (Å²) in [5.41, 5.74) is 4.24. The van der Waals surface area contributed by atoms with Gasteiger partial charge in [-0.25, -0.2) is 5.48 Å². The van der Waals surface area contributed by atoms with Gasteiger partial charge in [-0.1, -0.05) is 36.4 Å². The van der Waals surface area contributed by atoms with Crippen molar-refractivity contribution < 1.29 is 42.6 Å². The Labute approximate surface area is 227 Å². The lowest BCUT2D eigenvalue weighted by Crippen LogP contribution is -2.51. The Kier molecular flexibility index (Phi) is 10.2. The Balaban J connectivity index is 1.51. The summed E-state index contributed by atoms with van der Waals surface area (Å²) in [4.78, 5) is 36.3. The number of ether oxygens (including phenoxy) is 1. The number of hydroxylamine groups is 1. The van der Waals surface area contributed by atoms with E-state index in [4.69, 9.17) is 5.21 Å². The van der Waals surface area contributed by atoms with Gasteiger partial charge < -0.3 is 25.8 Å². The van der Waals surface area contributed by atoms with E-state index in [-0.39, 0.29) is 30.3 Å². The van der Waals surface area contributed by atoms with Gasteiger partial charge in [0.05, 0.1) is 12.6 Å². The molecule has 0 unspecified atom stereocenters. The highest BCUT2D eigenvalue weighted by atomic mass is 19.4. The monoisotopic (exact) mass is 560 g/mol. The number of aliphatic hydroxyl groups excluding tert-OH is 1. The highest BCUT2D eigenvalue weighted by molar-refractivity contribution is 5.98. The molecule has 10 nitrogen and oxygen atoms in total. The SMILES string of the molecule is C[C@@H](O)[C@H](NC(=O)c1ccc(-c2ccc(NC(=O)CNCc3cccc(OC(F)(F)F)c3)cc2)cc1)C(=O)NO. The van der Waals surface area contributed by atoms with Crippen LogP contribution in [0.1, 0.15) is 22.8 Å². The number of aliphatic hydroxyl groups is 1. The number of anilines is 1. The number of hydrogen-bond acceptors (Lipinski definition) is 7. The topological polar surface area (TPSA) is 149 Å². The van der Waals surface area contributed by atoms with Crippen LogP contribution in [0.4, 0.5) is 18.9 Å². The van der Waals surface area contributed by atoms with Crippen molar-refractivity contribution in [3.63, 3.8) is 0 Å². The predicted molar refractivity (Wildman–Crippen MR) is 138 cm³/mol. The summed E-state index contributed by atoms with van der Waals surface area (Å²) in [7, 11) is 0. The van der Waals surface area contributed by atoms with Crippen LogP contribution >= 0.6 is 0 Å². The third-order valence-electron chi connectivity index (χ3n) is 5.56. The molecule has 3 aromatic rings. The van der Waals surface area contributed by atoms with E-state index < -0.39 is 30.3 Å². The molecule has 0 bridgehead atoms. The highest BCUT2D eigenvalue weighted by Gasteiger charge is 2.31. The average Bonchev–Trinajstić information content (AvgIpc) is 2.91. The number of rotatable bonds is 11. The van der Waals surface area contributed by atoms with Crippen LogP contribution in [0.2, 0.25) is 0 Å². The van der Waals surface area contributed by atoms with E-state index in [1.165, 1.54) is 42.7 Å². The number of carbonyl (C=O) groups excluding carboxylic acids is 3. The van der Waals surface area contributed by atoms with Gasteiger partial charge in [-0.3, -0.25) is 19.6 Å². The fraction of sp³-hybridized carbons (Fsp3) is 0.222. The van der Waals surface area contributed by atoms with Gasteiger partial charge in [0.1, 0.15) is 11.8 Å². The smallest absolute Gasteiger partial charge is 0.406 e. The molecule has 212 valence electrons. The van der Waals surface area contributed by atoms with Gasteiger partial charge in [0, 0.05) is 17.8 Å². The van der Waals surface area contributed by atoms with E-state index >= 15 is 0 Å². The summed E-state index contributed by atoms with van der Waals surface area (Å²) in [5.74, 6) is -2.26. The van der Waals surface area contributed by atoms with E-state index in [9.17, 15) is 32.7 Å². The molecule has 0 radical (unpaired) electrons. The van der Waals surface area contributed by atoms with Crippen molar-refractivity contribution in [3.05, 3.63) is 83.9 Å². The first kappa shape index (κ1) is 30.1. The summed E-state index contributed by atoms with van der Waals surface area (Å²) in [6.45, 7) is 1.38. The lowest BCUT2D eigenvalue weighted by Gasteiger charge is -2.19. The van der Waals surface area contributed by atoms with Crippen LogP contribution < -0.4 is 26.2 Å². The summed E-state index contributed by atoms with van der Waals surface area (Å²) in [5, 5.41) is 26.3. The molecule has 0 aromatic heterocycles. The summed E-state index contributed by atoms with van der Waals surface area (Å²) < 4.78 is 41.0. The van der Waals surface area contributed by atoms with Gasteiger partial charge in [0.15, 0.2) is 0 Å². The largest absolute Gasteiger partial charge is 0.573 e. The van der Waals surface area contributed by atoms with Gasteiger partial charge in [-0.2, -0.15) is 0 Å². The summed E-state index contributed by atoms with van der Waals surface area (Å²) >= 11 is 0.